The van der Waals surface area contributed by atoms with Crippen LogP contribution in [-0.2, 0) is 34.1 Å². The number of nitrogens with one attached hydrogen (secondary N) is 1. The molecular formula is C29H34N4O3S2. The van der Waals surface area contributed by atoms with Crippen molar-refractivity contribution in [3.05, 3.63) is 80.8 Å². The van der Waals surface area contributed by atoms with Gasteiger partial charge in [0.05, 0.1) is 39.6 Å². The van der Waals surface area contributed by atoms with Gasteiger partial charge in [-0.15, -0.1) is 11.3 Å². The van der Waals surface area contributed by atoms with Crippen LogP contribution >= 0.6 is 11.3 Å². The molecule has 3 atom stereocenters. The molecule has 0 radical (unpaired) electrons. The van der Waals surface area contributed by atoms with Gasteiger partial charge in [-0.3, -0.25) is 19.4 Å². The second-order valence-corrected chi connectivity index (χ2v) is 12.8. The number of fused-ring (bicyclic) bond motifs is 2. The first kappa shape index (κ1) is 27.1. The van der Waals surface area contributed by atoms with E-state index in [1.165, 1.54) is 16.0 Å². The largest absolute Gasteiger partial charge is 0.373 e. The highest BCUT2D eigenvalue weighted by atomic mass is 32.2. The van der Waals surface area contributed by atoms with Gasteiger partial charge < -0.3 is 9.84 Å². The van der Waals surface area contributed by atoms with E-state index in [0.717, 1.165) is 47.8 Å². The maximum atomic E-state index is 11.9. The molecule has 38 heavy (non-hydrogen) atoms. The molecule has 1 aromatic carbocycles. The average molecular weight is 551 g/mol. The number of likely N-dealkylation sites (tertiary alicyclic amines) is 1. The van der Waals surface area contributed by atoms with Gasteiger partial charge in [-0.25, -0.2) is 0 Å². The van der Waals surface area contributed by atoms with E-state index in [4.69, 9.17) is 10.00 Å². The minimum absolute atomic E-state index is 0.276. The fourth-order valence-corrected chi connectivity index (χ4v) is 7.48. The lowest BCUT2D eigenvalue weighted by molar-refractivity contribution is -0.0994. The zero-order valence-corrected chi connectivity index (χ0v) is 23.5. The highest BCUT2D eigenvalue weighted by molar-refractivity contribution is 7.85. The molecule has 0 saturated carbocycles. The lowest BCUT2D eigenvalue weighted by Gasteiger charge is -2.45. The van der Waals surface area contributed by atoms with Gasteiger partial charge in [0.1, 0.15) is 11.8 Å². The Morgan fingerprint density at radius 1 is 1.26 bits per heavy atom. The molecule has 9 heteroatoms. The molecule has 2 aromatic heterocycles. The van der Waals surface area contributed by atoms with Gasteiger partial charge in [0, 0.05) is 47.4 Å². The molecule has 4 heterocycles. The van der Waals surface area contributed by atoms with Crippen LogP contribution < -0.4 is 5.32 Å². The van der Waals surface area contributed by atoms with E-state index in [9.17, 15) is 9.32 Å². The molecule has 7 nitrogen and oxygen atoms in total. The van der Waals surface area contributed by atoms with Crippen LogP contribution in [0.15, 0.2) is 53.6 Å². The third kappa shape index (κ3) is 5.62. The summed E-state index contributed by atoms with van der Waals surface area (Å²) >= 11 is 1.66. The Morgan fingerprint density at radius 3 is 2.68 bits per heavy atom. The molecule has 5 rings (SSSR count). The monoisotopic (exact) mass is 550 g/mol. The number of hydrogen-bond acceptors (Lipinski definition) is 8. The zero-order chi connectivity index (χ0) is 26.7. The Hall–Kier alpha value is -2.45. The fraction of sp³-hybridized carbons (Fsp3) is 0.448. The first-order valence-electron chi connectivity index (χ1n) is 13.2. The van der Waals surface area contributed by atoms with Crippen LogP contribution in [0.5, 0.6) is 0 Å². The van der Waals surface area contributed by atoms with Crippen molar-refractivity contribution in [2.45, 2.75) is 62.4 Å². The molecule has 0 amide bonds. The van der Waals surface area contributed by atoms with Crippen molar-refractivity contribution in [3.8, 4) is 6.07 Å². The summed E-state index contributed by atoms with van der Waals surface area (Å²) in [4.78, 5) is 9.77. The van der Waals surface area contributed by atoms with Crippen LogP contribution in [0.4, 0.5) is 0 Å². The van der Waals surface area contributed by atoms with Crippen molar-refractivity contribution in [2.24, 2.45) is 0 Å². The molecule has 1 saturated heterocycles. The van der Waals surface area contributed by atoms with Gasteiger partial charge in [0.25, 0.3) is 0 Å². The molecule has 2 N–H and O–H groups in total. The van der Waals surface area contributed by atoms with E-state index in [0.29, 0.717) is 24.5 Å². The van der Waals surface area contributed by atoms with E-state index in [-0.39, 0.29) is 11.6 Å². The second kappa shape index (κ2) is 11.7. The Labute approximate surface area is 230 Å². The Morgan fingerprint density at radius 2 is 2.03 bits per heavy atom. The second-order valence-electron chi connectivity index (χ2n) is 9.94. The number of aliphatic hydroxyl groups is 1. The van der Waals surface area contributed by atoms with Crippen molar-refractivity contribution >= 4 is 22.1 Å². The lowest BCUT2D eigenvalue weighted by Crippen LogP contribution is -2.46. The minimum Gasteiger partial charge on any atom is -0.373 e. The van der Waals surface area contributed by atoms with Crippen LogP contribution in [0.2, 0.25) is 0 Å². The van der Waals surface area contributed by atoms with Crippen LogP contribution in [0.1, 0.15) is 71.1 Å². The van der Waals surface area contributed by atoms with Crippen molar-refractivity contribution in [2.75, 3.05) is 25.4 Å². The number of nitriles is 1. The number of hydrogen-bond donors (Lipinski definition) is 2. The molecule has 3 unspecified atom stereocenters. The van der Waals surface area contributed by atoms with Crippen molar-refractivity contribution < 1.29 is 14.1 Å². The topological polar surface area (TPSA) is 98.5 Å². The number of nitrogens with zero attached hydrogens (tertiary/aromatic N) is 3. The Kier molecular flexibility index (Phi) is 8.38. The van der Waals surface area contributed by atoms with Crippen molar-refractivity contribution in [3.63, 3.8) is 0 Å². The summed E-state index contributed by atoms with van der Waals surface area (Å²) in [5.41, 5.74) is 3.70. The predicted molar refractivity (Wildman–Crippen MR) is 149 cm³/mol. The maximum Gasteiger partial charge on any atom is 0.140 e. The molecule has 0 aliphatic carbocycles. The average Bonchev–Trinajstić information content (AvgIpc) is 3.42. The number of ether oxygens (including phenoxy) is 1. The fourth-order valence-electron chi connectivity index (χ4n) is 5.39. The number of pyridine rings is 1. The zero-order valence-electron chi connectivity index (χ0n) is 21.9. The SMILES string of the molecule is CCS(=O)c1ccc(CNC(O)c2cc3c(s2)C2(CCN(C(C)c4ccc(C#N)cc4)CC2)OCC3)nc1. The highest BCUT2D eigenvalue weighted by Gasteiger charge is 2.43. The van der Waals surface area contributed by atoms with Crippen LogP contribution in [0.3, 0.4) is 0 Å². The summed E-state index contributed by atoms with van der Waals surface area (Å²) in [6.07, 6.45) is 3.57. The number of aromatic nitrogens is 1. The van der Waals surface area contributed by atoms with Gasteiger partial charge in [0.15, 0.2) is 0 Å². The van der Waals surface area contributed by atoms with E-state index in [1.54, 1.807) is 17.5 Å². The van der Waals surface area contributed by atoms with Gasteiger partial charge in [-0.2, -0.15) is 5.26 Å². The molecule has 200 valence electrons. The number of piperidine rings is 1. The summed E-state index contributed by atoms with van der Waals surface area (Å²) < 4.78 is 18.4. The van der Waals surface area contributed by atoms with Crippen LogP contribution in [0, 0.1) is 11.3 Å². The summed E-state index contributed by atoms with van der Waals surface area (Å²) in [6.45, 7) is 7.10. The van der Waals surface area contributed by atoms with Gasteiger partial charge in [-0.05, 0) is 67.6 Å². The first-order valence-corrected chi connectivity index (χ1v) is 15.3. The highest BCUT2D eigenvalue weighted by Crippen LogP contribution is 2.47. The van der Waals surface area contributed by atoms with E-state index in [1.807, 2.05) is 31.2 Å². The van der Waals surface area contributed by atoms with Crippen molar-refractivity contribution in [1.29, 1.82) is 5.26 Å². The third-order valence-corrected chi connectivity index (χ3v) is 10.4. The van der Waals surface area contributed by atoms with E-state index in [2.05, 4.69) is 46.4 Å². The molecule has 2 aliphatic heterocycles. The van der Waals surface area contributed by atoms with Crippen molar-refractivity contribution in [1.82, 2.24) is 15.2 Å². The molecule has 0 bridgehead atoms. The Bertz CT molecular complexity index is 1310. The van der Waals surface area contributed by atoms with E-state index >= 15 is 0 Å². The van der Waals surface area contributed by atoms with Gasteiger partial charge >= 0.3 is 0 Å². The summed E-state index contributed by atoms with van der Waals surface area (Å²) in [5.74, 6) is 0.570. The minimum atomic E-state index is -1.02. The lowest BCUT2D eigenvalue weighted by atomic mass is 9.84. The normalized spacial score (nSPS) is 19.4. The summed E-state index contributed by atoms with van der Waals surface area (Å²) in [7, 11) is -1.02. The Balaban J connectivity index is 1.22. The molecule has 2 aliphatic rings. The molecular weight excluding hydrogens is 516 g/mol. The molecule has 1 spiro atoms. The number of rotatable bonds is 8. The summed E-state index contributed by atoms with van der Waals surface area (Å²) in [5, 5.41) is 23.2. The molecule has 1 fully saturated rings. The predicted octanol–water partition coefficient (Wildman–Crippen LogP) is 4.55. The maximum absolute atomic E-state index is 11.9. The number of benzene rings is 1. The summed E-state index contributed by atoms with van der Waals surface area (Å²) in [6, 6.07) is 16.2. The third-order valence-electron chi connectivity index (χ3n) is 7.74. The first-order chi connectivity index (χ1) is 18.4. The van der Waals surface area contributed by atoms with Crippen LogP contribution in [0.25, 0.3) is 0 Å². The smallest absolute Gasteiger partial charge is 0.140 e. The number of aliphatic hydroxyl groups excluding tert-OH is 1. The number of thiophene rings is 1. The van der Waals surface area contributed by atoms with E-state index < -0.39 is 17.0 Å². The van der Waals surface area contributed by atoms with Gasteiger partial charge in [0.2, 0.25) is 0 Å². The van der Waals surface area contributed by atoms with Gasteiger partial charge in [-0.1, -0.05) is 19.1 Å². The molecule has 3 aromatic rings. The standard InChI is InChI=1S/C29H34N4O3S2/c1-3-38(35)25-9-8-24(31-19-25)18-32-28(34)26-16-23-10-15-36-29(27(23)37-26)11-13-33(14-12-29)20(2)22-6-4-21(17-30)5-7-22/h4-9,16,19-20,28,32,34H,3,10-15,18H2,1-2H3. The quantitative estimate of drug-likeness (QED) is 0.397. The van der Waals surface area contributed by atoms with Crippen LogP contribution in [-0.4, -0.2) is 44.6 Å².